The van der Waals surface area contributed by atoms with Crippen LogP contribution in [-0.4, -0.2) is 61.3 Å². The third-order valence-electron chi connectivity index (χ3n) is 4.10. The van der Waals surface area contributed by atoms with Crippen LogP contribution in [-0.2, 0) is 4.74 Å². The summed E-state index contributed by atoms with van der Waals surface area (Å²) in [7, 11) is 2.23. The molecule has 0 N–H and O–H groups in total. The summed E-state index contributed by atoms with van der Waals surface area (Å²) in [6.45, 7) is 4.76. The van der Waals surface area contributed by atoms with E-state index in [4.69, 9.17) is 4.74 Å². The fraction of sp³-hybridized carbons (Fsp3) is 1.00. The molecule has 14 heavy (non-hydrogen) atoms. The summed E-state index contributed by atoms with van der Waals surface area (Å²) in [5, 5.41) is 0. The van der Waals surface area contributed by atoms with E-state index < -0.39 is 0 Å². The van der Waals surface area contributed by atoms with Crippen molar-refractivity contribution >= 4 is 0 Å². The van der Waals surface area contributed by atoms with Crippen molar-refractivity contribution in [1.82, 2.24) is 9.80 Å². The summed E-state index contributed by atoms with van der Waals surface area (Å²) in [5.41, 5.74) is 0. The van der Waals surface area contributed by atoms with Crippen LogP contribution in [0.4, 0.5) is 0 Å². The molecule has 0 aromatic rings. The van der Waals surface area contributed by atoms with Crippen molar-refractivity contribution in [3.05, 3.63) is 0 Å². The predicted molar refractivity (Wildman–Crippen MR) is 55.4 cm³/mol. The van der Waals surface area contributed by atoms with Gasteiger partial charge in [-0.15, -0.1) is 0 Å². The fourth-order valence-corrected chi connectivity index (χ4v) is 3.20. The van der Waals surface area contributed by atoms with Crippen molar-refractivity contribution < 1.29 is 4.74 Å². The van der Waals surface area contributed by atoms with E-state index in [2.05, 4.69) is 16.8 Å². The number of fused-ring (bicyclic) bond motifs is 2. The molecular formula is C11H20N2O. The van der Waals surface area contributed by atoms with Crippen molar-refractivity contribution in [3.8, 4) is 0 Å². The Morgan fingerprint density at radius 1 is 1.14 bits per heavy atom. The molecule has 2 bridgehead atoms. The molecular weight excluding hydrogens is 176 g/mol. The van der Waals surface area contributed by atoms with Crippen LogP contribution in [0.3, 0.4) is 0 Å². The van der Waals surface area contributed by atoms with Crippen LogP contribution in [0.15, 0.2) is 0 Å². The number of likely N-dealkylation sites (tertiary alicyclic amines) is 2. The molecule has 0 unspecified atom stereocenters. The zero-order valence-electron chi connectivity index (χ0n) is 8.98. The Morgan fingerprint density at radius 3 is 2.50 bits per heavy atom. The van der Waals surface area contributed by atoms with Gasteiger partial charge in [-0.3, -0.25) is 4.90 Å². The van der Waals surface area contributed by atoms with Gasteiger partial charge in [0.05, 0.1) is 12.7 Å². The number of hydrogen-bond donors (Lipinski definition) is 0. The maximum atomic E-state index is 5.64. The third-order valence-corrected chi connectivity index (χ3v) is 4.10. The Labute approximate surface area is 86.0 Å². The summed E-state index contributed by atoms with van der Waals surface area (Å²) < 4.78 is 5.64. The fourth-order valence-electron chi connectivity index (χ4n) is 3.20. The lowest BCUT2D eigenvalue weighted by Gasteiger charge is -2.39. The Kier molecular flexibility index (Phi) is 2.26. The van der Waals surface area contributed by atoms with Gasteiger partial charge in [0.2, 0.25) is 0 Å². The van der Waals surface area contributed by atoms with E-state index in [1.54, 1.807) is 0 Å². The Hall–Kier alpha value is -0.120. The zero-order valence-corrected chi connectivity index (χ0v) is 8.98. The standard InChI is InChI=1S/C11H20N2O/c1-12-4-2-9(3-5-12)13-7-11-6-10(13)8-14-11/h9-11H,2-8H2,1H3/t10-,11-/m0/s1. The molecule has 0 aromatic carbocycles. The molecule has 0 amide bonds. The van der Waals surface area contributed by atoms with Gasteiger partial charge in [0.15, 0.2) is 0 Å². The van der Waals surface area contributed by atoms with E-state index in [1.807, 2.05) is 0 Å². The van der Waals surface area contributed by atoms with Gasteiger partial charge in [-0.25, -0.2) is 0 Å². The first kappa shape index (κ1) is 9.13. The number of morpholine rings is 1. The Morgan fingerprint density at radius 2 is 1.93 bits per heavy atom. The maximum Gasteiger partial charge on any atom is 0.0718 e. The number of rotatable bonds is 1. The minimum Gasteiger partial charge on any atom is -0.375 e. The first-order valence-electron chi connectivity index (χ1n) is 5.89. The number of piperidine rings is 1. The normalized spacial score (nSPS) is 40.9. The maximum absolute atomic E-state index is 5.64. The van der Waals surface area contributed by atoms with Crippen molar-refractivity contribution in [1.29, 1.82) is 0 Å². The number of ether oxygens (including phenoxy) is 1. The lowest BCUT2D eigenvalue weighted by molar-refractivity contribution is -0.00129. The minimum atomic E-state index is 0.569. The monoisotopic (exact) mass is 196 g/mol. The first-order valence-corrected chi connectivity index (χ1v) is 5.89. The summed E-state index contributed by atoms with van der Waals surface area (Å²) in [6, 6.07) is 1.61. The predicted octanol–water partition coefficient (Wildman–Crippen LogP) is 0.554. The molecule has 3 nitrogen and oxygen atoms in total. The van der Waals surface area contributed by atoms with Gasteiger partial charge in [0.25, 0.3) is 0 Å². The van der Waals surface area contributed by atoms with Crippen LogP contribution in [0.25, 0.3) is 0 Å². The molecule has 3 saturated heterocycles. The molecule has 0 aliphatic carbocycles. The lowest BCUT2D eigenvalue weighted by Crippen LogP contribution is -2.48. The molecule has 0 spiro atoms. The van der Waals surface area contributed by atoms with Gasteiger partial charge in [0.1, 0.15) is 0 Å². The van der Waals surface area contributed by atoms with Gasteiger partial charge >= 0.3 is 0 Å². The van der Waals surface area contributed by atoms with Gasteiger partial charge < -0.3 is 9.64 Å². The first-order chi connectivity index (χ1) is 6.83. The van der Waals surface area contributed by atoms with Crippen molar-refractivity contribution in [2.45, 2.75) is 37.5 Å². The van der Waals surface area contributed by atoms with Gasteiger partial charge in [0, 0.05) is 18.6 Å². The van der Waals surface area contributed by atoms with Gasteiger partial charge in [-0.1, -0.05) is 0 Å². The van der Waals surface area contributed by atoms with Crippen LogP contribution in [0, 0.1) is 0 Å². The highest BCUT2D eigenvalue weighted by Crippen LogP contribution is 2.32. The SMILES string of the molecule is CN1CCC(N2C[C@@H]3C[C@H]2CO3)CC1. The van der Waals surface area contributed by atoms with Crippen LogP contribution in [0.1, 0.15) is 19.3 Å². The molecule has 0 aromatic heterocycles. The summed E-state index contributed by atoms with van der Waals surface area (Å²) >= 11 is 0. The summed E-state index contributed by atoms with van der Waals surface area (Å²) in [4.78, 5) is 5.17. The lowest BCUT2D eigenvalue weighted by atomic mass is 10.0. The Balaban J connectivity index is 1.61. The topological polar surface area (TPSA) is 15.7 Å². The summed E-state index contributed by atoms with van der Waals surface area (Å²) in [5.74, 6) is 0. The second-order valence-electron chi connectivity index (χ2n) is 5.08. The van der Waals surface area contributed by atoms with Crippen molar-refractivity contribution in [2.24, 2.45) is 0 Å². The van der Waals surface area contributed by atoms with E-state index in [0.29, 0.717) is 6.10 Å². The molecule has 3 aliphatic heterocycles. The van der Waals surface area contributed by atoms with E-state index >= 15 is 0 Å². The molecule has 3 heteroatoms. The minimum absolute atomic E-state index is 0.569. The number of nitrogens with zero attached hydrogens (tertiary/aromatic N) is 2. The van der Waals surface area contributed by atoms with E-state index in [9.17, 15) is 0 Å². The quantitative estimate of drug-likeness (QED) is 0.609. The molecule has 2 atom stereocenters. The zero-order chi connectivity index (χ0) is 9.54. The average molecular weight is 196 g/mol. The van der Waals surface area contributed by atoms with Gasteiger partial charge in [-0.05, 0) is 39.4 Å². The highest BCUT2D eigenvalue weighted by Gasteiger charge is 2.42. The van der Waals surface area contributed by atoms with E-state index in [-0.39, 0.29) is 0 Å². The molecule has 0 radical (unpaired) electrons. The Bertz CT molecular complexity index is 213. The largest absolute Gasteiger partial charge is 0.375 e. The molecule has 0 saturated carbocycles. The average Bonchev–Trinajstić information content (AvgIpc) is 2.80. The van der Waals surface area contributed by atoms with Crippen LogP contribution < -0.4 is 0 Å². The second-order valence-corrected chi connectivity index (χ2v) is 5.08. The smallest absolute Gasteiger partial charge is 0.0718 e. The molecule has 3 heterocycles. The second kappa shape index (κ2) is 3.47. The molecule has 3 rings (SSSR count). The highest BCUT2D eigenvalue weighted by atomic mass is 16.5. The van der Waals surface area contributed by atoms with E-state index in [1.165, 1.54) is 38.9 Å². The van der Waals surface area contributed by atoms with Crippen LogP contribution in [0.5, 0.6) is 0 Å². The van der Waals surface area contributed by atoms with Crippen molar-refractivity contribution in [2.75, 3.05) is 33.3 Å². The van der Waals surface area contributed by atoms with E-state index in [0.717, 1.165) is 18.7 Å². The van der Waals surface area contributed by atoms with Gasteiger partial charge in [-0.2, -0.15) is 0 Å². The molecule has 3 fully saturated rings. The highest BCUT2D eigenvalue weighted by molar-refractivity contribution is 4.95. The van der Waals surface area contributed by atoms with Crippen molar-refractivity contribution in [3.63, 3.8) is 0 Å². The number of hydrogen-bond acceptors (Lipinski definition) is 3. The molecule has 3 aliphatic rings. The molecule has 80 valence electrons. The van der Waals surface area contributed by atoms with Crippen LogP contribution >= 0.6 is 0 Å². The summed E-state index contributed by atoms with van der Waals surface area (Å²) in [6.07, 6.45) is 4.59. The van der Waals surface area contributed by atoms with Crippen LogP contribution in [0.2, 0.25) is 0 Å². The third kappa shape index (κ3) is 1.47.